The largest absolute Gasteiger partial charge is 0.508 e. The molecule has 1 unspecified atom stereocenters. The molecular weight excluding hydrogens is 222 g/mol. The summed E-state index contributed by atoms with van der Waals surface area (Å²) >= 11 is 5.76. The molecule has 16 heavy (non-hydrogen) atoms. The molecule has 1 aromatic carbocycles. The monoisotopic (exact) mass is 239 g/mol. The average molecular weight is 240 g/mol. The van der Waals surface area contributed by atoms with Gasteiger partial charge < -0.3 is 10.0 Å². The number of hydrogen-bond donors (Lipinski definition) is 1. The highest BCUT2D eigenvalue weighted by Gasteiger charge is 2.21. The number of hydrogen-bond acceptors (Lipinski definition) is 2. The topological polar surface area (TPSA) is 23.5 Å². The third-order valence-corrected chi connectivity index (χ3v) is 3.62. The predicted molar refractivity (Wildman–Crippen MR) is 67.3 cm³/mol. The van der Waals surface area contributed by atoms with E-state index in [1.54, 1.807) is 6.07 Å². The Kier molecular flexibility index (Phi) is 3.72. The number of nitrogens with zero attached hydrogens (tertiary/aromatic N) is 1. The number of benzene rings is 1. The van der Waals surface area contributed by atoms with Crippen molar-refractivity contribution in [3.05, 3.63) is 29.3 Å². The number of rotatable bonds is 3. The van der Waals surface area contributed by atoms with Gasteiger partial charge in [0, 0.05) is 18.5 Å². The van der Waals surface area contributed by atoms with Crippen LogP contribution in [0.25, 0.3) is 0 Å². The molecule has 0 amide bonds. The number of phenolic OH excluding ortho intramolecular Hbond substituents is 1. The van der Waals surface area contributed by atoms with Crippen LogP contribution < -0.4 is 0 Å². The maximum atomic E-state index is 9.42. The fourth-order valence-electron chi connectivity index (χ4n) is 2.41. The van der Waals surface area contributed by atoms with Crippen molar-refractivity contribution in [3.8, 4) is 5.75 Å². The summed E-state index contributed by atoms with van der Waals surface area (Å²) in [5.41, 5.74) is 2.67. The lowest BCUT2D eigenvalue weighted by Gasteiger charge is -2.32. The smallest absolute Gasteiger partial charge is 0.115 e. The van der Waals surface area contributed by atoms with Crippen molar-refractivity contribution < 1.29 is 5.11 Å². The van der Waals surface area contributed by atoms with Gasteiger partial charge in [0.25, 0.3) is 0 Å². The Hall–Kier alpha value is -0.730. The van der Waals surface area contributed by atoms with E-state index < -0.39 is 0 Å². The maximum absolute atomic E-state index is 9.42. The van der Waals surface area contributed by atoms with E-state index in [2.05, 4.69) is 11.9 Å². The number of aryl methyl sites for hydroxylation is 1. The summed E-state index contributed by atoms with van der Waals surface area (Å²) in [5, 5.41) is 9.42. The van der Waals surface area contributed by atoms with E-state index >= 15 is 0 Å². The van der Waals surface area contributed by atoms with E-state index in [0.717, 1.165) is 25.8 Å². The number of aromatic hydroxyl groups is 1. The zero-order valence-corrected chi connectivity index (χ0v) is 10.4. The first-order chi connectivity index (χ1) is 7.70. The molecule has 1 N–H and O–H groups in total. The van der Waals surface area contributed by atoms with Gasteiger partial charge in [0.05, 0.1) is 0 Å². The van der Waals surface area contributed by atoms with Gasteiger partial charge in [-0.25, -0.2) is 0 Å². The highest BCUT2D eigenvalue weighted by atomic mass is 35.5. The molecule has 0 aromatic heterocycles. The van der Waals surface area contributed by atoms with Crippen molar-refractivity contribution >= 4 is 11.6 Å². The summed E-state index contributed by atoms with van der Waals surface area (Å²) in [7, 11) is 2.14. The van der Waals surface area contributed by atoms with Gasteiger partial charge in [0.15, 0.2) is 0 Å². The second kappa shape index (κ2) is 5.07. The number of alkyl halides is 1. The molecule has 1 aliphatic rings. The first-order valence-corrected chi connectivity index (χ1v) is 6.31. The summed E-state index contributed by atoms with van der Waals surface area (Å²) in [4.78, 5) is 2.34. The zero-order valence-electron chi connectivity index (χ0n) is 9.62. The van der Waals surface area contributed by atoms with Crippen molar-refractivity contribution in [2.24, 2.45) is 0 Å². The second-order valence-corrected chi connectivity index (χ2v) is 4.90. The average Bonchev–Trinajstić information content (AvgIpc) is 2.28. The molecule has 0 heterocycles. The van der Waals surface area contributed by atoms with Gasteiger partial charge in [0.2, 0.25) is 0 Å². The molecule has 0 spiro atoms. The molecule has 2 nitrogen and oxygen atoms in total. The number of halogens is 1. The van der Waals surface area contributed by atoms with E-state index in [1.807, 2.05) is 12.1 Å². The van der Waals surface area contributed by atoms with Gasteiger partial charge >= 0.3 is 0 Å². The van der Waals surface area contributed by atoms with E-state index in [9.17, 15) is 5.11 Å². The highest BCUT2D eigenvalue weighted by molar-refractivity contribution is 6.18. The molecule has 0 aliphatic heterocycles. The summed E-state index contributed by atoms with van der Waals surface area (Å²) in [6, 6.07) is 6.32. The van der Waals surface area contributed by atoms with Gasteiger partial charge in [-0.15, -0.1) is 11.6 Å². The molecule has 1 aromatic rings. The summed E-state index contributed by atoms with van der Waals surface area (Å²) in [5.74, 6) is 1.07. The Labute approximate surface area is 102 Å². The second-order valence-electron chi connectivity index (χ2n) is 4.52. The van der Waals surface area contributed by atoms with Crippen LogP contribution in [0.15, 0.2) is 18.2 Å². The van der Waals surface area contributed by atoms with Crippen LogP contribution in [0.4, 0.5) is 0 Å². The van der Waals surface area contributed by atoms with Crippen molar-refractivity contribution in [1.82, 2.24) is 4.90 Å². The molecule has 0 saturated heterocycles. The number of fused-ring (bicyclic) bond motifs is 1. The van der Waals surface area contributed by atoms with Gasteiger partial charge in [0.1, 0.15) is 5.75 Å². The third-order valence-electron chi connectivity index (χ3n) is 3.45. The highest BCUT2D eigenvalue weighted by Crippen LogP contribution is 2.26. The number of likely N-dealkylation sites (N-methyl/N-ethyl adjacent to an activating group) is 1. The van der Waals surface area contributed by atoms with Crippen molar-refractivity contribution in [3.63, 3.8) is 0 Å². The van der Waals surface area contributed by atoms with Crippen molar-refractivity contribution in [2.75, 3.05) is 19.5 Å². The minimum absolute atomic E-state index is 0.381. The molecule has 2 rings (SSSR count). The minimum Gasteiger partial charge on any atom is -0.508 e. The molecule has 0 fully saturated rings. The molecular formula is C13H18ClNO. The maximum Gasteiger partial charge on any atom is 0.115 e. The predicted octanol–water partition coefficient (Wildman–Crippen LogP) is 2.42. The quantitative estimate of drug-likeness (QED) is 0.819. The number of phenols is 1. The SMILES string of the molecule is CN(CCCl)C1CCc2cc(O)ccc2C1. The van der Waals surface area contributed by atoms with E-state index in [4.69, 9.17) is 11.6 Å². The summed E-state index contributed by atoms with van der Waals surface area (Å²) < 4.78 is 0. The van der Waals surface area contributed by atoms with Crippen LogP contribution in [-0.2, 0) is 12.8 Å². The van der Waals surface area contributed by atoms with Gasteiger partial charge in [-0.3, -0.25) is 0 Å². The Morgan fingerprint density at radius 1 is 1.44 bits per heavy atom. The molecule has 0 radical (unpaired) electrons. The van der Waals surface area contributed by atoms with E-state index in [-0.39, 0.29) is 0 Å². The van der Waals surface area contributed by atoms with Crippen molar-refractivity contribution in [1.29, 1.82) is 0 Å². The lowest BCUT2D eigenvalue weighted by atomic mass is 9.87. The lowest BCUT2D eigenvalue weighted by molar-refractivity contribution is 0.234. The third kappa shape index (κ3) is 2.50. The Morgan fingerprint density at radius 3 is 3.00 bits per heavy atom. The Balaban J connectivity index is 2.09. The van der Waals surface area contributed by atoms with Crippen LogP contribution in [0.1, 0.15) is 17.5 Å². The van der Waals surface area contributed by atoms with E-state index in [1.165, 1.54) is 11.1 Å². The molecule has 88 valence electrons. The van der Waals surface area contributed by atoms with Crippen LogP contribution in [-0.4, -0.2) is 35.5 Å². The van der Waals surface area contributed by atoms with Crippen LogP contribution in [0.5, 0.6) is 5.75 Å². The molecule has 3 heteroatoms. The van der Waals surface area contributed by atoms with Gasteiger partial charge in [-0.2, -0.15) is 0 Å². The van der Waals surface area contributed by atoms with Gasteiger partial charge in [-0.05, 0) is 49.6 Å². The van der Waals surface area contributed by atoms with Crippen LogP contribution in [0.3, 0.4) is 0 Å². The zero-order chi connectivity index (χ0) is 11.5. The van der Waals surface area contributed by atoms with Crippen LogP contribution in [0, 0.1) is 0 Å². The molecule has 0 bridgehead atoms. The molecule has 1 aliphatic carbocycles. The fourth-order valence-corrected chi connectivity index (χ4v) is 2.68. The Bertz CT molecular complexity index is 367. The Morgan fingerprint density at radius 2 is 2.25 bits per heavy atom. The first-order valence-electron chi connectivity index (χ1n) is 5.77. The van der Waals surface area contributed by atoms with Crippen molar-refractivity contribution in [2.45, 2.75) is 25.3 Å². The fraction of sp³-hybridized carbons (Fsp3) is 0.538. The minimum atomic E-state index is 0.381. The van der Waals surface area contributed by atoms with Crippen LogP contribution in [0.2, 0.25) is 0 Å². The molecule has 0 saturated carbocycles. The van der Waals surface area contributed by atoms with Crippen LogP contribution >= 0.6 is 11.6 Å². The lowest BCUT2D eigenvalue weighted by Crippen LogP contribution is -2.37. The van der Waals surface area contributed by atoms with E-state index in [0.29, 0.717) is 17.7 Å². The normalized spacial score (nSPS) is 19.8. The summed E-state index contributed by atoms with van der Waals surface area (Å²) in [6.07, 6.45) is 3.29. The van der Waals surface area contributed by atoms with Gasteiger partial charge in [-0.1, -0.05) is 6.07 Å². The standard InChI is InChI=1S/C13H18ClNO/c1-15(7-6-14)12-4-2-11-9-13(16)5-3-10(11)8-12/h3,5,9,12,16H,2,4,6-8H2,1H3. The first kappa shape index (κ1) is 11.7. The summed E-state index contributed by atoms with van der Waals surface area (Å²) in [6.45, 7) is 0.944. The molecule has 1 atom stereocenters.